The van der Waals surface area contributed by atoms with Gasteiger partial charge in [-0.3, -0.25) is 0 Å². The van der Waals surface area contributed by atoms with E-state index in [9.17, 15) is 0 Å². The van der Waals surface area contributed by atoms with E-state index in [4.69, 9.17) is 4.74 Å². The molecule has 21 heavy (non-hydrogen) atoms. The first-order chi connectivity index (χ1) is 10.2. The first-order valence-electron chi connectivity index (χ1n) is 8.21. The minimum atomic E-state index is 0.175. The van der Waals surface area contributed by atoms with Gasteiger partial charge in [0, 0.05) is 18.7 Å². The Morgan fingerprint density at radius 1 is 1.24 bits per heavy atom. The number of benzene rings is 1. The van der Waals surface area contributed by atoms with Crippen LogP contribution in [0.3, 0.4) is 0 Å². The normalized spacial score (nSPS) is 26.7. The van der Waals surface area contributed by atoms with E-state index in [1.54, 1.807) is 0 Å². The SMILES string of the molecule is Cc1ccc([C@@H](C)NC2CCOC3(CCSCC3)C2)cc1. The van der Waals surface area contributed by atoms with Crippen molar-refractivity contribution in [3.05, 3.63) is 35.4 Å². The van der Waals surface area contributed by atoms with Crippen LogP contribution < -0.4 is 5.32 Å². The highest BCUT2D eigenvalue weighted by atomic mass is 32.2. The van der Waals surface area contributed by atoms with Crippen LogP contribution in [-0.2, 0) is 4.74 Å². The van der Waals surface area contributed by atoms with Crippen LogP contribution in [0.4, 0.5) is 0 Å². The molecule has 2 fully saturated rings. The predicted octanol–water partition coefficient (Wildman–Crippen LogP) is 4.09. The van der Waals surface area contributed by atoms with Crippen molar-refractivity contribution >= 4 is 11.8 Å². The van der Waals surface area contributed by atoms with Crippen molar-refractivity contribution < 1.29 is 4.74 Å². The second-order valence-electron chi connectivity index (χ2n) is 6.63. The second-order valence-corrected chi connectivity index (χ2v) is 7.86. The summed E-state index contributed by atoms with van der Waals surface area (Å²) in [7, 11) is 0. The molecule has 2 aliphatic rings. The highest BCUT2D eigenvalue weighted by Crippen LogP contribution is 2.38. The number of hydrogen-bond acceptors (Lipinski definition) is 3. The second kappa shape index (κ2) is 6.72. The third-order valence-electron chi connectivity index (χ3n) is 4.96. The molecule has 2 aliphatic heterocycles. The Morgan fingerprint density at radius 3 is 2.67 bits per heavy atom. The summed E-state index contributed by atoms with van der Waals surface area (Å²) in [6, 6.07) is 9.93. The fourth-order valence-corrected chi connectivity index (χ4v) is 4.80. The lowest BCUT2D eigenvalue weighted by Crippen LogP contribution is -2.49. The van der Waals surface area contributed by atoms with Gasteiger partial charge in [-0.2, -0.15) is 11.8 Å². The van der Waals surface area contributed by atoms with E-state index in [0.717, 1.165) is 13.0 Å². The molecule has 0 saturated carbocycles. The molecule has 1 aromatic carbocycles. The lowest BCUT2D eigenvalue weighted by atomic mass is 9.85. The molecule has 1 N–H and O–H groups in total. The van der Waals surface area contributed by atoms with Crippen LogP contribution in [0.5, 0.6) is 0 Å². The van der Waals surface area contributed by atoms with Crippen LogP contribution in [-0.4, -0.2) is 29.8 Å². The number of rotatable bonds is 3. The minimum Gasteiger partial charge on any atom is -0.375 e. The molecule has 0 aliphatic carbocycles. The van der Waals surface area contributed by atoms with Crippen molar-refractivity contribution in [2.75, 3.05) is 18.1 Å². The largest absolute Gasteiger partial charge is 0.375 e. The van der Waals surface area contributed by atoms with Gasteiger partial charge in [-0.15, -0.1) is 0 Å². The molecule has 0 amide bonds. The zero-order valence-corrected chi connectivity index (χ0v) is 14.0. The smallest absolute Gasteiger partial charge is 0.0713 e. The van der Waals surface area contributed by atoms with Gasteiger partial charge in [0.25, 0.3) is 0 Å². The number of nitrogens with one attached hydrogen (secondary N) is 1. The van der Waals surface area contributed by atoms with E-state index in [2.05, 4.69) is 55.2 Å². The van der Waals surface area contributed by atoms with E-state index in [1.807, 2.05) is 0 Å². The first kappa shape index (κ1) is 15.4. The first-order valence-corrected chi connectivity index (χ1v) is 9.37. The van der Waals surface area contributed by atoms with Crippen LogP contribution in [0.2, 0.25) is 0 Å². The third-order valence-corrected chi connectivity index (χ3v) is 5.95. The highest BCUT2D eigenvalue weighted by Gasteiger charge is 2.38. The topological polar surface area (TPSA) is 21.3 Å². The summed E-state index contributed by atoms with van der Waals surface area (Å²) in [5.41, 5.74) is 2.89. The van der Waals surface area contributed by atoms with Gasteiger partial charge >= 0.3 is 0 Å². The molecule has 2 heterocycles. The highest BCUT2D eigenvalue weighted by molar-refractivity contribution is 7.99. The lowest BCUT2D eigenvalue weighted by molar-refractivity contribution is -0.0940. The van der Waals surface area contributed by atoms with Gasteiger partial charge in [0.2, 0.25) is 0 Å². The average molecular weight is 305 g/mol. The molecule has 0 radical (unpaired) electrons. The van der Waals surface area contributed by atoms with Crippen LogP contribution >= 0.6 is 11.8 Å². The Labute approximate surface area is 133 Å². The number of hydrogen-bond donors (Lipinski definition) is 1. The Morgan fingerprint density at radius 2 is 1.95 bits per heavy atom. The third kappa shape index (κ3) is 3.82. The summed E-state index contributed by atoms with van der Waals surface area (Å²) < 4.78 is 6.19. The van der Waals surface area contributed by atoms with Crippen molar-refractivity contribution in [3.63, 3.8) is 0 Å². The summed E-state index contributed by atoms with van der Waals surface area (Å²) in [6.45, 7) is 5.34. The number of thioether (sulfide) groups is 1. The molecule has 1 aromatic rings. The summed E-state index contributed by atoms with van der Waals surface area (Å²) in [4.78, 5) is 0. The molecular formula is C18H27NOS. The average Bonchev–Trinajstić information content (AvgIpc) is 2.49. The molecule has 2 atom stereocenters. The van der Waals surface area contributed by atoms with Gasteiger partial charge in [-0.1, -0.05) is 29.8 Å². The van der Waals surface area contributed by atoms with Gasteiger partial charge in [0.1, 0.15) is 0 Å². The monoisotopic (exact) mass is 305 g/mol. The van der Waals surface area contributed by atoms with Crippen molar-refractivity contribution in [3.8, 4) is 0 Å². The van der Waals surface area contributed by atoms with E-state index < -0.39 is 0 Å². The maximum absolute atomic E-state index is 6.19. The van der Waals surface area contributed by atoms with Gasteiger partial charge in [-0.05, 0) is 56.6 Å². The van der Waals surface area contributed by atoms with Gasteiger partial charge in [0.05, 0.1) is 5.60 Å². The molecule has 116 valence electrons. The fourth-order valence-electron chi connectivity index (χ4n) is 3.57. The standard InChI is InChI=1S/C18H27NOS/c1-14-3-5-16(6-4-14)15(2)19-17-7-10-20-18(13-17)8-11-21-12-9-18/h3-6,15,17,19H,7-13H2,1-2H3/t15-,17?/m1/s1. The van der Waals surface area contributed by atoms with Crippen LogP contribution in [0.15, 0.2) is 24.3 Å². The van der Waals surface area contributed by atoms with Crippen molar-refractivity contribution in [2.24, 2.45) is 0 Å². The van der Waals surface area contributed by atoms with Gasteiger partial charge in [0.15, 0.2) is 0 Å². The van der Waals surface area contributed by atoms with Crippen molar-refractivity contribution in [1.29, 1.82) is 0 Å². The predicted molar refractivity (Wildman–Crippen MR) is 91.0 cm³/mol. The maximum atomic E-state index is 6.19. The van der Waals surface area contributed by atoms with Crippen LogP contribution in [0.1, 0.15) is 49.8 Å². The van der Waals surface area contributed by atoms with Gasteiger partial charge < -0.3 is 10.1 Å². The molecule has 1 unspecified atom stereocenters. The Bertz CT molecular complexity index is 447. The van der Waals surface area contributed by atoms with E-state index in [1.165, 1.54) is 41.9 Å². The Hall–Kier alpha value is -0.510. The molecule has 0 bridgehead atoms. The van der Waals surface area contributed by atoms with Crippen LogP contribution in [0, 0.1) is 6.92 Å². The summed E-state index contributed by atoms with van der Waals surface area (Å²) in [6.07, 6.45) is 4.79. The Balaban J connectivity index is 1.60. The molecular weight excluding hydrogens is 278 g/mol. The lowest BCUT2D eigenvalue weighted by Gasteiger charge is -2.44. The zero-order valence-electron chi connectivity index (χ0n) is 13.2. The number of ether oxygens (including phenoxy) is 1. The molecule has 3 rings (SSSR count). The summed E-state index contributed by atoms with van der Waals surface area (Å²) in [5, 5.41) is 3.84. The molecule has 3 heteroatoms. The zero-order chi connectivity index (χ0) is 14.7. The van der Waals surface area contributed by atoms with Crippen molar-refractivity contribution in [2.45, 2.75) is 57.2 Å². The molecule has 2 saturated heterocycles. The van der Waals surface area contributed by atoms with Crippen LogP contribution in [0.25, 0.3) is 0 Å². The summed E-state index contributed by atoms with van der Waals surface area (Å²) in [5.74, 6) is 2.53. The minimum absolute atomic E-state index is 0.175. The van der Waals surface area contributed by atoms with E-state index in [-0.39, 0.29) is 5.60 Å². The van der Waals surface area contributed by atoms with E-state index >= 15 is 0 Å². The maximum Gasteiger partial charge on any atom is 0.0713 e. The summed E-state index contributed by atoms with van der Waals surface area (Å²) >= 11 is 2.08. The molecule has 0 aromatic heterocycles. The van der Waals surface area contributed by atoms with Gasteiger partial charge in [-0.25, -0.2) is 0 Å². The Kier molecular flexibility index (Phi) is 4.92. The molecule has 2 nitrogen and oxygen atoms in total. The molecule has 1 spiro atoms. The quantitative estimate of drug-likeness (QED) is 0.909. The van der Waals surface area contributed by atoms with Crippen molar-refractivity contribution in [1.82, 2.24) is 5.32 Å². The number of aryl methyl sites for hydroxylation is 1. The fraction of sp³-hybridized carbons (Fsp3) is 0.667. The van der Waals surface area contributed by atoms with E-state index in [0.29, 0.717) is 12.1 Å².